The van der Waals surface area contributed by atoms with Gasteiger partial charge in [-0.15, -0.1) is 0 Å². The van der Waals surface area contributed by atoms with E-state index < -0.39 is 5.91 Å². The van der Waals surface area contributed by atoms with Crippen molar-refractivity contribution in [3.63, 3.8) is 0 Å². The molecule has 0 aliphatic rings. The summed E-state index contributed by atoms with van der Waals surface area (Å²) in [5, 5.41) is 7.30. The van der Waals surface area contributed by atoms with Gasteiger partial charge < -0.3 is 5.32 Å². The molecule has 7 nitrogen and oxygen atoms in total. The number of hydrogen-bond donors (Lipinski definition) is 2. The Morgan fingerprint density at radius 2 is 2.04 bits per heavy atom. The molecule has 2 rings (SSSR count). The largest absolute Gasteiger partial charge is 0.324 e. The van der Waals surface area contributed by atoms with E-state index in [9.17, 15) is 9.59 Å². The molecular formula is C15H13Cl2N5O2. The van der Waals surface area contributed by atoms with Gasteiger partial charge in [0.15, 0.2) is 0 Å². The van der Waals surface area contributed by atoms with Gasteiger partial charge in [0, 0.05) is 23.1 Å². The Hall–Kier alpha value is -2.51. The molecule has 0 atom stereocenters. The van der Waals surface area contributed by atoms with E-state index in [0.717, 1.165) is 0 Å². The number of hydrogen-bond acceptors (Lipinski definition) is 5. The average molecular weight is 366 g/mol. The van der Waals surface area contributed by atoms with E-state index in [1.807, 2.05) is 0 Å². The lowest BCUT2D eigenvalue weighted by Crippen LogP contribution is -2.22. The molecule has 124 valence electrons. The van der Waals surface area contributed by atoms with Crippen molar-refractivity contribution in [3.8, 4) is 0 Å². The molecule has 0 unspecified atom stereocenters. The minimum Gasteiger partial charge on any atom is -0.324 e. The molecule has 0 radical (unpaired) electrons. The zero-order valence-corrected chi connectivity index (χ0v) is 14.1. The first-order valence-corrected chi connectivity index (χ1v) is 7.55. The Morgan fingerprint density at radius 1 is 1.25 bits per heavy atom. The molecule has 0 aliphatic heterocycles. The molecular weight excluding hydrogens is 353 g/mol. The van der Waals surface area contributed by atoms with E-state index in [4.69, 9.17) is 23.2 Å². The standard InChI is InChI=1S/C15H13Cl2N5O2/c1-9(21-22-15(24)13-8-18-4-5-19-13)6-14(23)20-12-3-2-10(16)7-11(12)17/h2-5,7-8H,6H2,1H3,(H,20,23)(H,22,24)/b21-9+. The van der Waals surface area contributed by atoms with Crippen LogP contribution in [-0.2, 0) is 4.79 Å². The van der Waals surface area contributed by atoms with Crippen LogP contribution in [0.3, 0.4) is 0 Å². The summed E-state index contributed by atoms with van der Waals surface area (Å²) in [5.41, 5.74) is 3.30. The highest BCUT2D eigenvalue weighted by molar-refractivity contribution is 6.36. The maximum atomic E-state index is 12.0. The SMILES string of the molecule is C/C(CC(=O)Nc1ccc(Cl)cc1Cl)=N\NC(=O)c1cnccn1. The number of aromatic nitrogens is 2. The molecule has 0 aliphatic carbocycles. The highest BCUT2D eigenvalue weighted by atomic mass is 35.5. The van der Waals surface area contributed by atoms with Crippen molar-refractivity contribution < 1.29 is 9.59 Å². The second-order valence-corrected chi connectivity index (χ2v) is 5.57. The lowest BCUT2D eigenvalue weighted by Gasteiger charge is -2.07. The number of nitrogens with zero attached hydrogens (tertiary/aromatic N) is 3. The van der Waals surface area contributed by atoms with Crippen LogP contribution in [0, 0.1) is 0 Å². The highest BCUT2D eigenvalue weighted by Crippen LogP contribution is 2.25. The number of halogens is 2. The lowest BCUT2D eigenvalue weighted by molar-refractivity contribution is -0.115. The Kier molecular flexibility index (Phi) is 6.22. The first kappa shape index (κ1) is 17.8. The quantitative estimate of drug-likeness (QED) is 0.628. The van der Waals surface area contributed by atoms with E-state index in [1.54, 1.807) is 19.1 Å². The smallest absolute Gasteiger partial charge is 0.291 e. The highest BCUT2D eigenvalue weighted by Gasteiger charge is 2.09. The maximum absolute atomic E-state index is 12.0. The van der Waals surface area contributed by atoms with Gasteiger partial charge >= 0.3 is 0 Å². The first-order chi connectivity index (χ1) is 11.5. The monoisotopic (exact) mass is 365 g/mol. The fraction of sp³-hybridized carbons (Fsp3) is 0.133. The third-order valence-corrected chi connectivity index (χ3v) is 3.31. The van der Waals surface area contributed by atoms with Crippen LogP contribution in [-0.4, -0.2) is 27.5 Å². The third-order valence-electron chi connectivity index (χ3n) is 2.77. The first-order valence-electron chi connectivity index (χ1n) is 6.80. The Bertz CT molecular complexity index is 781. The van der Waals surface area contributed by atoms with Gasteiger partial charge in [0.05, 0.1) is 23.3 Å². The summed E-state index contributed by atoms with van der Waals surface area (Å²) >= 11 is 11.8. The molecule has 0 spiro atoms. The van der Waals surface area contributed by atoms with Crippen LogP contribution in [0.1, 0.15) is 23.8 Å². The van der Waals surface area contributed by atoms with Crippen molar-refractivity contribution in [1.29, 1.82) is 0 Å². The van der Waals surface area contributed by atoms with Gasteiger partial charge in [0.25, 0.3) is 5.91 Å². The predicted molar refractivity (Wildman–Crippen MR) is 92.3 cm³/mol. The number of carbonyl (C=O) groups is 2. The van der Waals surface area contributed by atoms with Gasteiger partial charge in [-0.1, -0.05) is 23.2 Å². The molecule has 24 heavy (non-hydrogen) atoms. The van der Waals surface area contributed by atoms with E-state index >= 15 is 0 Å². The number of nitrogens with one attached hydrogen (secondary N) is 2. The normalized spacial score (nSPS) is 11.0. The van der Waals surface area contributed by atoms with Crippen LogP contribution in [0.5, 0.6) is 0 Å². The minimum absolute atomic E-state index is 0.0142. The third kappa shape index (κ3) is 5.29. The fourth-order valence-electron chi connectivity index (χ4n) is 1.68. The summed E-state index contributed by atoms with van der Waals surface area (Å²) < 4.78 is 0. The molecule has 0 bridgehead atoms. The molecule has 2 N–H and O–H groups in total. The van der Waals surface area contributed by atoms with Gasteiger partial charge in [-0.05, 0) is 25.1 Å². The lowest BCUT2D eigenvalue weighted by atomic mass is 10.2. The summed E-state index contributed by atoms with van der Waals surface area (Å²) in [7, 11) is 0. The van der Waals surface area contributed by atoms with Gasteiger partial charge in [-0.3, -0.25) is 14.6 Å². The number of rotatable bonds is 5. The van der Waals surface area contributed by atoms with Crippen molar-refractivity contribution in [3.05, 3.63) is 52.5 Å². The van der Waals surface area contributed by atoms with Crippen molar-refractivity contribution in [1.82, 2.24) is 15.4 Å². The van der Waals surface area contributed by atoms with E-state index in [0.29, 0.717) is 21.4 Å². The Labute approximate surface area is 148 Å². The molecule has 2 aromatic rings. The van der Waals surface area contributed by atoms with Crippen LogP contribution in [0.2, 0.25) is 10.0 Å². The summed E-state index contributed by atoms with van der Waals surface area (Å²) in [4.78, 5) is 31.3. The molecule has 0 fully saturated rings. The summed E-state index contributed by atoms with van der Waals surface area (Å²) in [6.07, 6.45) is 4.15. The van der Waals surface area contributed by atoms with E-state index in [-0.39, 0.29) is 18.0 Å². The minimum atomic E-state index is -0.511. The van der Waals surface area contributed by atoms with Crippen LogP contribution < -0.4 is 10.7 Å². The van der Waals surface area contributed by atoms with Crippen molar-refractivity contribution in [2.24, 2.45) is 5.10 Å². The van der Waals surface area contributed by atoms with Crippen LogP contribution in [0.25, 0.3) is 0 Å². The zero-order chi connectivity index (χ0) is 17.5. The predicted octanol–water partition coefficient (Wildman–Crippen LogP) is 2.92. The maximum Gasteiger partial charge on any atom is 0.291 e. The summed E-state index contributed by atoms with van der Waals surface area (Å²) in [6, 6.07) is 4.75. The number of anilines is 1. The van der Waals surface area contributed by atoms with Crippen molar-refractivity contribution in [2.45, 2.75) is 13.3 Å². The van der Waals surface area contributed by atoms with Gasteiger partial charge in [-0.2, -0.15) is 5.10 Å². The zero-order valence-electron chi connectivity index (χ0n) is 12.6. The molecule has 1 heterocycles. The van der Waals surface area contributed by atoms with Gasteiger partial charge in [0.2, 0.25) is 5.91 Å². The van der Waals surface area contributed by atoms with Crippen molar-refractivity contribution in [2.75, 3.05) is 5.32 Å². The second-order valence-electron chi connectivity index (χ2n) is 4.73. The topological polar surface area (TPSA) is 96.3 Å². The van der Waals surface area contributed by atoms with Gasteiger partial charge in [0.1, 0.15) is 5.69 Å². The van der Waals surface area contributed by atoms with Crippen LogP contribution >= 0.6 is 23.2 Å². The Morgan fingerprint density at radius 3 is 2.71 bits per heavy atom. The molecule has 9 heteroatoms. The van der Waals surface area contributed by atoms with Crippen molar-refractivity contribution >= 4 is 46.4 Å². The van der Waals surface area contributed by atoms with E-state index in [2.05, 4.69) is 25.8 Å². The summed E-state index contributed by atoms with van der Waals surface area (Å²) in [5.74, 6) is -0.835. The Balaban J connectivity index is 1.90. The van der Waals surface area contributed by atoms with Crippen LogP contribution in [0.15, 0.2) is 41.9 Å². The second kappa shape index (κ2) is 8.37. The van der Waals surface area contributed by atoms with E-state index in [1.165, 1.54) is 24.7 Å². The number of carbonyl (C=O) groups excluding carboxylic acids is 2. The number of benzene rings is 1. The van der Waals surface area contributed by atoms with Gasteiger partial charge in [-0.25, -0.2) is 10.4 Å². The number of amides is 2. The molecule has 0 saturated carbocycles. The molecule has 1 aromatic heterocycles. The van der Waals surface area contributed by atoms with Crippen LogP contribution in [0.4, 0.5) is 5.69 Å². The molecule has 1 aromatic carbocycles. The molecule has 2 amide bonds. The average Bonchev–Trinajstić information content (AvgIpc) is 2.56. The molecule has 0 saturated heterocycles. The number of hydrazone groups is 1. The fourth-order valence-corrected chi connectivity index (χ4v) is 2.13. The summed E-state index contributed by atoms with van der Waals surface area (Å²) in [6.45, 7) is 1.61.